The lowest BCUT2D eigenvalue weighted by Gasteiger charge is -2.08. The first-order valence-electron chi connectivity index (χ1n) is 7.02. The highest BCUT2D eigenvalue weighted by molar-refractivity contribution is 6.06. The SMILES string of the molecule is N#Cc1cnccc1-c1cnc(N)c(C(=O)Nc2ccccc2)n1.[HH].[HH]. The Morgan fingerprint density at radius 3 is 2.75 bits per heavy atom. The van der Waals surface area contributed by atoms with Gasteiger partial charge in [-0.05, 0) is 18.2 Å². The molecule has 7 nitrogen and oxygen atoms in total. The number of hydrogen-bond acceptors (Lipinski definition) is 6. The Balaban J connectivity index is 0.00000169. The number of nitriles is 1. The number of benzene rings is 1. The Kier molecular flexibility index (Phi) is 4.12. The number of anilines is 2. The van der Waals surface area contributed by atoms with Gasteiger partial charge in [-0.3, -0.25) is 9.78 Å². The van der Waals surface area contributed by atoms with Gasteiger partial charge in [0.1, 0.15) is 6.07 Å². The fourth-order valence-electron chi connectivity index (χ4n) is 2.11. The molecule has 0 saturated carbocycles. The Morgan fingerprint density at radius 1 is 1.21 bits per heavy atom. The van der Waals surface area contributed by atoms with Crippen LogP contribution in [0.5, 0.6) is 0 Å². The van der Waals surface area contributed by atoms with Gasteiger partial charge < -0.3 is 11.1 Å². The van der Waals surface area contributed by atoms with Crippen molar-refractivity contribution in [3.8, 4) is 17.3 Å². The zero-order valence-electron chi connectivity index (χ0n) is 12.5. The summed E-state index contributed by atoms with van der Waals surface area (Å²) in [5, 5.41) is 11.9. The first-order chi connectivity index (χ1) is 11.7. The van der Waals surface area contributed by atoms with E-state index in [4.69, 9.17) is 11.0 Å². The van der Waals surface area contributed by atoms with Crippen LogP contribution < -0.4 is 11.1 Å². The van der Waals surface area contributed by atoms with Crippen molar-refractivity contribution in [3.63, 3.8) is 0 Å². The van der Waals surface area contributed by atoms with Crippen molar-refractivity contribution in [1.82, 2.24) is 15.0 Å². The predicted molar refractivity (Wildman–Crippen MR) is 93.0 cm³/mol. The van der Waals surface area contributed by atoms with Gasteiger partial charge >= 0.3 is 0 Å². The largest absolute Gasteiger partial charge is 0.382 e. The third kappa shape index (κ3) is 3.03. The average molecular weight is 320 g/mol. The minimum Gasteiger partial charge on any atom is -0.382 e. The molecule has 2 heterocycles. The summed E-state index contributed by atoms with van der Waals surface area (Å²) in [6.45, 7) is 0. The maximum absolute atomic E-state index is 12.4. The molecule has 2 aromatic heterocycles. The van der Waals surface area contributed by atoms with E-state index in [1.807, 2.05) is 12.1 Å². The number of amides is 1. The summed E-state index contributed by atoms with van der Waals surface area (Å²) >= 11 is 0. The molecular formula is C17H16N6O. The van der Waals surface area contributed by atoms with E-state index in [0.29, 0.717) is 22.5 Å². The van der Waals surface area contributed by atoms with Gasteiger partial charge in [0, 0.05) is 26.5 Å². The standard InChI is InChI=1S/C17H12N6O.2H2/c18-8-11-9-20-7-6-13(11)14-10-21-16(19)15(23-14)17(24)22-12-4-2-1-3-5-12;;/h1-7,9-10H,(H2,19,21)(H,22,24);2*1H. The van der Waals surface area contributed by atoms with E-state index in [2.05, 4.69) is 20.3 Å². The summed E-state index contributed by atoms with van der Waals surface area (Å²) in [6.07, 6.45) is 4.39. The minimum atomic E-state index is -0.472. The summed E-state index contributed by atoms with van der Waals surface area (Å²) in [4.78, 5) is 24.6. The van der Waals surface area contributed by atoms with Crippen molar-refractivity contribution in [2.24, 2.45) is 0 Å². The fraction of sp³-hybridized carbons (Fsp3) is 0. The molecule has 1 amide bonds. The minimum absolute atomic E-state index is 0. The van der Waals surface area contributed by atoms with Gasteiger partial charge in [0.05, 0.1) is 17.5 Å². The molecule has 3 rings (SSSR count). The van der Waals surface area contributed by atoms with E-state index in [1.165, 1.54) is 18.6 Å². The smallest absolute Gasteiger partial charge is 0.278 e. The Bertz CT molecular complexity index is 943. The fourth-order valence-corrected chi connectivity index (χ4v) is 2.11. The van der Waals surface area contributed by atoms with Crippen LogP contribution >= 0.6 is 0 Å². The third-order valence-electron chi connectivity index (χ3n) is 3.27. The van der Waals surface area contributed by atoms with Crippen molar-refractivity contribution in [1.29, 1.82) is 5.26 Å². The quantitative estimate of drug-likeness (QED) is 0.766. The highest BCUT2D eigenvalue weighted by Crippen LogP contribution is 2.22. The highest BCUT2D eigenvalue weighted by atomic mass is 16.1. The molecule has 0 saturated heterocycles. The number of nitrogens with two attached hydrogens (primary N) is 1. The zero-order valence-corrected chi connectivity index (χ0v) is 12.5. The second-order valence-corrected chi connectivity index (χ2v) is 4.84. The lowest BCUT2D eigenvalue weighted by molar-refractivity contribution is 0.102. The summed E-state index contributed by atoms with van der Waals surface area (Å²) < 4.78 is 0. The van der Waals surface area contributed by atoms with Crippen LogP contribution in [0.15, 0.2) is 55.0 Å². The van der Waals surface area contributed by atoms with Gasteiger partial charge in [0.2, 0.25) is 0 Å². The normalized spacial score (nSPS) is 9.96. The van der Waals surface area contributed by atoms with Gasteiger partial charge in [-0.25, -0.2) is 9.97 Å². The second-order valence-electron chi connectivity index (χ2n) is 4.84. The number of pyridine rings is 1. The number of aromatic nitrogens is 3. The summed E-state index contributed by atoms with van der Waals surface area (Å²) in [6, 6.07) is 12.6. The van der Waals surface area contributed by atoms with E-state index in [1.54, 1.807) is 30.3 Å². The number of hydrogen-bond donors (Lipinski definition) is 2. The molecule has 0 aliphatic heterocycles. The zero-order chi connectivity index (χ0) is 16.9. The van der Waals surface area contributed by atoms with Crippen LogP contribution in [0.1, 0.15) is 18.9 Å². The monoisotopic (exact) mass is 320 g/mol. The van der Waals surface area contributed by atoms with Crippen LogP contribution in [0.3, 0.4) is 0 Å². The van der Waals surface area contributed by atoms with Gasteiger partial charge in [-0.1, -0.05) is 18.2 Å². The molecule has 0 bridgehead atoms. The molecule has 7 heteroatoms. The molecule has 0 aliphatic carbocycles. The Hall–Kier alpha value is -3.79. The summed E-state index contributed by atoms with van der Waals surface area (Å²) in [5.41, 5.74) is 7.65. The number of para-hydroxylation sites is 1. The summed E-state index contributed by atoms with van der Waals surface area (Å²) in [5.74, 6) is -0.458. The maximum Gasteiger partial charge on any atom is 0.278 e. The lowest BCUT2D eigenvalue weighted by atomic mass is 10.1. The van der Waals surface area contributed by atoms with Crippen molar-refractivity contribution in [2.75, 3.05) is 11.1 Å². The van der Waals surface area contributed by atoms with E-state index in [0.717, 1.165) is 0 Å². The van der Waals surface area contributed by atoms with E-state index >= 15 is 0 Å². The van der Waals surface area contributed by atoms with Crippen LogP contribution in [0, 0.1) is 11.3 Å². The topological polar surface area (TPSA) is 118 Å². The molecule has 0 fully saturated rings. The molecule has 0 aliphatic rings. The van der Waals surface area contributed by atoms with E-state index in [9.17, 15) is 4.79 Å². The first-order valence-corrected chi connectivity index (χ1v) is 7.02. The predicted octanol–water partition coefficient (Wildman–Crippen LogP) is 2.74. The van der Waals surface area contributed by atoms with Crippen LogP contribution in [0.25, 0.3) is 11.3 Å². The average Bonchev–Trinajstić information content (AvgIpc) is 2.63. The van der Waals surface area contributed by atoms with Crippen molar-refractivity contribution >= 4 is 17.4 Å². The lowest BCUT2D eigenvalue weighted by Crippen LogP contribution is -2.17. The number of nitrogen functional groups attached to an aromatic ring is 1. The molecule has 0 unspecified atom stereocenters. The molecule has 120 valence electrons. The van der Waals surface area contributed by atoms with Gasteiger partial charge in [-0.15, -0.1) is 0 Å². The van der Waals surface area contributed by atoms with Crippen LogP contribution in [-0.2, 0) is 0 Å². The second kappa shape index (κ2) is 6.54. The molecule has 0 atom stereocenters. The Labute approximate surface area is 140 Å². The van der Waals surface area contributed by atoms with Gasteiger partial charge in [0.25, 0.3) is 5.91 Å². The van der Waals surface area contributed by atoms with Gasteiger partial charge in [0.15, 0.2) is 11.5 Å². The number of carbonyl (C=O) groups is 1. The maximum atomic E-state index is 12.4. The number of nitrogens with zero attached hydrogens (tertiary/aromatic N) is 4. The van der Waals surface area contributed by atoms with Crippen LogP contribution in [-0.4, -0.2) is 20.9 Å². The van der Waals surface area contributed by atoms with E-state index < -0.39 is 5.91 Å². The van der Waals surface area contributed by atoms with Gasteiger partial charge in [-0.2, -0.15) is 5.26 Å². The van der Waals surface area contributed by atoms with Crippen molar-refractivity contribution < 1.29 is 7.65 Å². The molecular weight excluding hydrogens is 304 g/mol. The third-order valence-corrected chi connectivity index (χ3v) is 3.27. The molecule has 3 aromatic rings. The molecule has 3 N–H and O–H groups in total. The molecule has 0 radical (unpaired) electrons. The van der Waals surface area contributed by atoms with Crippen molar-refractivity contribution in [2.45, 2.75) is 0 Å². The number of carbonyl (C=O) groups excluding carboxylic acids is 1. The highest BCUT2D eigenvalue weighted by Gasteiger charge is 2.16. The van der Waals surface area contributed by atoms with E-state index in [-0.39, 0.29) is 14.4 Å². The first kappa shape index (κ1) is 15.1. The Morgan fingerprint density at radius 2 is 2.00 bits per heavy atom. The van der Waals surface area contributed by atoms with Crippen LogP contribution in [0.2, 0.25) is 0 Å². The molecule has 0 spiro atoms. The molecule has 1 aromatic carbocycles. The van der Waals surface area contributed by atoms with Crippen LogP contribution in [0.4, 0.5) is 11.5 Å². The summed E-state index contributed by atoms with van der Waals surface area (Å²) in [7, 11) is 0. The molecule has 24 heavy (non-hydrogen) atoms. The van der Waals surface area contributed by atoms with Crippen molar-refractivity contribution in [3.05, 3.63) is 66.2 Å². The number of rotatable bonds is 3. The number of nitrogens with one attached hydrogen (secondary N) is 1.